The van der Waals surface area contributed by atoms with Gasteiger partial charge in [0.25, 0.3) is 0 Å². The normalized spacial score (nSPS) is 17.9. The van der Waals surface area contributed by atoms with Crippen LogP contribution in [0, 0.1) is 0 Å². The first-order valence-corrected chi connectivity index (χ1v) is 9.55. The molecule has 4 rings (SSSR count). The maximum Gasteiger partial charge on any atom is 0.169 e. The standard InChI is InChI=1S/C22H27NO4/c1-5-9-23-10-8-14-12-17(25-2)22(27-4)20-18(14)15(23)11-13-6-7-16(24)21(26-3)19(13)20/h6-7,12,15,24H,5,8-11H2,1-4H3. The van der Waals surface area contributed by atoms with Crippen molar-refractivity contribution in [2.45, 2.75) is 32.2 Å². The van der Waals surface area contributed by atoms with E-state index in [1.54, 1.807) is 27.4 Å². The summed E-state index contributed by atoms with van der Waals surface area (Å²) in [6, 6.07) is 6.16. The SMILES string of the molecule is CCCN1CCc2cc(OC)c(OC)c3c2C1Cc1ccc(O)c(OC)c1-3. The van der Waals surface area contributed by atoms with Crippen molar-refractivity contribution in [3.63, 3.8) is 0 Å². The number of rotatable bonds is 5. The molecule has 5 nitrogen and oxygen atoms in total. The highest BCUT2D eigenvalue weighted by molar-refractivity contribution is 5.88. The van der Waals surface area contributed by atoms with Gasteiger partial charge in [-0.25, -0.2) is 0 Å². The van der Waals surface area contributed by atoms with Crippen LogP contribution in [0.25, 0.3) is 11.1 Å². The number of fused-ring (bicyclic) bond motifs is 2. The summed E-state index contributed by atoms with van der Waals surface area (Å²) in [5, 5.41) is 10.4. The molecular formula is C22H27NO4. The van der Waals surface area contributed by atoms with Crippen LogP contribution in [0.5, 0.6) is 23.0 Å². The van der Waals surface area contributed by atoms with Crippen LogP contribution in [0.2, 0.25) is 0 Å². The van der Waals surface area contributed by atoms with Crippen molar-refractivity contribution >= 4 is 0 Å². The second kappa shape index (κ2) is 6.97. The summed E-state index contributed by atoms with van der Waals surface area (Å²) in [4.78, 5) is 2.57. The average molecular weight is 369 g/mol. The number of phenols is 1. The van der Waals surface area contributed by atoms with Crippen LogP contribution in [-0.4, -0.2) is 44.4 Å². The molecule has 5 heteroatoms. The minimum Gasteiger partial charge on any atom is -0.504 e. The second-order valence-electron chi connectivity index (χ2n) is 7.22. The monoisotopic (exact) mass is 369 g/mol. The third-order valence-electron chi connectivity index (χ3n) is 5.84. The molecule has 1 heterocycles. The van der Waals surface area contributed by atoms with Crippen molar-refractivity contribution in [2.75, 3.05) is 34.4 Å². The van der Waals surface area contributed by atoms with Gasteiger partial charge in [-0.1, -0.05) is 13.0 Å². The van der Waals surface area contributed by atoms with Crippen molar-refractivity contribution < 1.29 is 19.3 Å². The fourth-order valence-electron chi connectivity index (χ4n) is 4.76. The van der Waals surface area contributed by atoms with E-state index in [1.807, 2.05) is 6.07 Å². The molecule has 0 saturated heterocycles. The van der Waals surface area contributed by atoms with Gasteiger partial charge in [-0.05, 0) is 54.6 Å². The summed E-state index contributed by atoms with van der Waals surface area (Å²) in [6.07, 6.45) is 3.01. The minimum absolute atomic E-state index is 0.148. The number of aromatic hydroxyl groups is 1. The third kappa shape index (κ3) is 2.64. The molecule has 1 atom stereocenters. The van der Waals surface area contributed by atoms with E-state index in [0.29, 0.717) is 17.5 Å². The Labute approximate surface area is 160 Å². The van der Waals surface area contributed by atoms with Gasteiger partial charge in [0.2, 0.25) is 0 Å². The molecule has 1 unspecified atom stereocenters. The van der Waals surface area contributed by atoms with Crippen LogP contribution in [0.3, 0.4) is 0 Å². The van der Waals surface area contributed by atoms with Gasteiger partial charge in [0, 0.05) is 23.7 Å². The Morgan fingerprint density at radius 2 is 1.81 bits per heavy atom. The Morgan fingerprint density at radius 3 is 2.48 bits per heavy atom. The van der Waals surface area contributed by atoms with E-state index in [9.17, 15) is 5.11 Å². The zero-order valence-electron chi connectivity index (χ0n) is 16.5. The zero-order chi connectivity index (χ0) is 19.1. The third-order valence-corrected chi connectivity index (χ3v) is 5.84. The molecule has 0 fully saturated rings. The lowest BCUT2D eigenvalue weighted by atomic mass is 9.76. The van der Waals surface area contributed by atoms with Crippen LogP contribution >= 0.6 is 0 Å². The summed E-state index contributed by atoms with van der Waals surface area (Å²) < 4.78 is 17.1. The number of hydrogen-bond acceptors (Lipinski definition) is 5. The van der Waals surface area contributed by atoms with Crippen molar-refractivity contribution in [3.8, 4) is 34.1 Å². The van der Waals surface area contributed by atoms with E-state index in [-0.39, 0.29) is 5.75 Å². The molecule has 1 aliphatic heterocycles. The lowest BCUT2D eigenvalue weighted by Crippen LogP contribution is -2.39. The number of phenolic OH excluding ortho intramolecular Hbond substituents is 1. The van der Waals surface area contributed by atoms with E-state index in [4.69, 9.17) is 14.2 Å². The Hall–Kier alpha value is -2.40. The molecule has 2 aromatic rings. The molecule has 1 aliphatic carbocycles. The minimum atomic E-state index is 0.148. The van der Waals surface area contributed by atoms with Gasteiger partial charge in [0.05, 0.1) is 21.3 Å². The summed E-state index contributed by atoms with van der Waals surface area (Å²) in [7, 11) is 4.94. The van der Waals surface area contributed by atoms with Gasteiger partial charge in [-0.3, -0.25) is 4.90 Å². The molecule has 0 saturated carbocycles. The Balaban J connectivity index is 2.06. The quantitative estimate of drug-likeness (QED) is 0.865. The van der Waals surface area contributed by atoms with E-state index < -0.39 is 0 Å². The topological polar surface area (TPSA) is 51.2 Å². The van der Waals surface area contributed by atoms with Crippen molar-refractivity contribution in [3.05, 3.63) is 34.9 Å². The molecule has 1 N–H and O–H groups in total. The molecule has 2 aromatic carbocycles. The van der Waals surface area contributed by atoms with E-state index in [2.05, 4.69) is 17.9 Å². The van der Waals surface area contributed by atoms with Crippen molar-refractivity contribution in [2.24, 2.45) is 0 Å². The second-order valence-corrected chi connectivity index (χ2v) is 7.22. The van der Waals surface area contributed by atoms with Gasteiger partial charge < -0.3 is 19.3 Å². The number of methoxy groups -OCH3 is 3. The van der Waals surface area contributed by atoms with Crippen LogP contribution in [0.4, 0.5) is 0 Å². The molecular weight excluding hydrogens is 342 g/mol. The predicted molar refractivity (Wildman–Crippen MR) is 105 cm³/mol. The Bertz CT molecular complexity index is 877. The van der Waals surface area contributed by atoms with Gasteiger partial charge in [0.15, 0.2) is 23.0 Å². The Morgan fingerprint density at radius 1 is 1.04 bits per heavy atom. The number of hydrogen-bond donors (Lipinski definition) is 1. The van der Waals surface area contributed by atoms with Crippen LogP contribution < -0.4 is 14.2 Å². The molecule has 0 amide bonds. The fraction of sp³-hybridized carbons (Fsp3) is 0.455. The first-order valence-electron chi connectivity index (χ1n) is 9.55. The molecule has 0 radical (unpaired) electrons. The van der Waals surface area contributed by atoms with E-state index in [0.717, 1.165) is 49.2 Å². The maximum atomic E-state index is 10.4. The summed E-state index contributed by atoms with van der Waals surface area (Å²) in [5.41, 5.74) is 5.70. The Kier molecular flexibility index (Phi) is 4.64. The first kappa shape index (κ1) is 18.0. The molecule has 0 spiro atoms. The van der Waals surface area contributed by atoms with Gasteiger partial charge in [0.1, 0.15) is 0 Å². The first-order chi connectivity index (χ1) is 13.1. The predicted octanol–water partition coefficient (Wildman–Crippen LogP) is 3.95. The van der Waals surface area contributed by atoms with Crippen LogP contribution in [0.15, 0.2) is 18.2 Å². The molecule has 144 valence electrons. The molecule has 0 bridgehead atoms. The smallest absolute Gasteiger partial charge is 0.169 e. The lowest BCUT2D eigenvalue weighted by molar-refractivity contribution is 0.182. The maximum absolute atomic E-state index is 10.4. The van der Waals surface area contributed by atoms with Crippen LogP contribution in [0.1, 0.15) is 36.1 Å². The average Bonchev–Trinajstić information content (AvgIpc) is 2.69. The van der Waals surface area contributed by atoms with Gasteiger partial charge >= 0.3 is 0 Å². The number of nitrogens with zero attached hydrogens (tertiary/aromatic N) is 1. The van der Waals surface area contributed by atoms with Gasteiger partial charge in [-0.2, -0.15) is 0 Å². The highest BCUT2D eigenvalue weighted by Crippen LogP contribution is 2.56. The van der Waals surface area contributed by atoms with E-state index >= 15 is 0 Å². The zero-order valence-corrected chi connectivity index (χ0v) is 16.5. The number of ether oxygens (including phenoxy) is 3. The van der Waals surface area contributed by atoms with Crippen molar-refractivity contribution in [1.29, 1.82) is 0 Å². The van der Waals surface area contributed by atoms with Crippen LogP contribution in [-0.2, 0) is 12.8 Å². The van der Waals surface area contributed by atoms with Gasteiger partial charge in [-0.15, -0.1) is 0 Å². The molecule has 27 heavy (non-hydrogen) atoms. The van der Waals surface area contributed by atoms with Crippen molar-refractivity contribution in [1.82, 2.24) is 4.90 Å². The molecule has 0 aromatic heterocycles. The highest BCUT2D eigenvalue weighted by Gasteiger charge is 2.39. The van der Waals surface area contributed by atoms with E-state index in [1.165, 1.54) is 16.7 Å². The summed E-state index contributed by atoms with van der Waals surface area (Å²) >= 11 is 0. The fourth-order valence-corrected chi connectivity index (χ4v) is 4.76. The highest BCUT2D eigenvalue weighted by atomic mass is 16.5. The lowest BCUT2D eigenvalue weighted by Gasteiger charge is -2.42. The number of benzene rings is 2. The largest absolute Gasteiger partial charge is 0.504 e. The summed E-state index contributed by atoms with van der Waals surface area (Å²) in [6.45, 7) is 4.34. The molecule has 2 aliphatic rings. The summed E-state index contributed by atoms with van der Waals surface area (Å²) in [5.74, 6) is 2.10.